The van der Waals surface area contributed by atoms with Gasteiger partial charge < -0.3 is 16.0 Å². The minimum absolute atomic E-state index is 0.106. The summed E-state index contributed by atoms with van der Waals surface area (Å²) in [5, 5.41) is 2.95. The van der Waals surface area contributed by atoms with Crippen LogP contribution in [0.25, 0.3) is 16.7 Å². The number of carbonyl (C=O) groups is 1. The van der Waals surface area contributed by atoms with Crippen molar-refractivity contribution in [3.8, 4) is 0 Å². The average Bonchev–Trinajstić information content (AvgIpc) is 3.01. The normalized spacial score (nSPS) is 14.7. The van der Waals surface area contributed by atoms with Crippen molar-refractivity contribution in [1.82, 2.24) is 15.3 Å². The van der Waals surface area contributed by atoms with Crippen molar-refractivity contribution in [2.24, 2.45) is 5.73 Å². The van der Waals surface area contributed by atoms with E-state index in [1.807, 2.05) is 24.3 Å². The van der Waals surface area contributed by atoms with Crippen molar-refractivity contribution in [2.75, 3.05) is 6.54 Å². The molecular weight excluding hydrogens is 336 g/mol. The second-order valence-electron chi connectivity index (χ2n) is 6.67. The van der Waals surface area contributed by atoms with Crippen LogP contribution >= 0.6 is 0 Å². The maximum atomic E-state index is 12.5. The van der Waals surface area contributed by atoms with Gasteiger partial charge in [-0.25, -0.2) is 4.98 Å². The van der Waals surface area contributed by atoms with E-state index in [1.165, 1.54) is 0 Å². The molecule has 0 spiro atoms. The fourth-order valence-corrected chi connectivity index (χ4v) is 2.98. The Morgan fingerprint density at radius 3 is 3.07 bits per heavy atom. The summed E-state index contributed by atoms with van der Waals surface area (Å²) in [6.45, 7) is 4.82. The first-order chi connectivity index (χ1) is 13.1. The van der Waals surface area contributed by atoms with Crippen molar-refractivity contribution in [3.63, 3.8) is 0 Å². The molecule has 1 aromatic carbocycles. The number of aromatic amines is 1. The zero-order valence-electron chi connectivity index (χ0n) is 15.9. The fraction of sp³-hybridized carbons (Fsp3) is 0.273. The van der Waals surface area contributed by atoms with Gasteiger partial charge in [-0.2, -0.15) is 0 Å². The van der Waals surface area contributed by atoms with E-state index in [4.69, 9.17) is 5.73 Å². The van der Waals surface area contributed by atoms with Gasteiger partial charge in [-0.1, -0.05) is 43.7 Å². The molecule has 1 heterocycles. The molecule has 0 unspecified atom stereocenters. The van der Waals surface area contributed by atoms with Gasteiger partial charge in [0, 0.05) is 6.54 Å². The first kappa shape index (κ1) is 18.7. The topological polar surface area (TPSA) is 83.8 Å². The molecule has 2 aromatic rings. The van der Waals surface area contributed by atoms with Crippen LogP contribution in [-0.4, -0.2) is 22.4 Å². The maximum Gasteiger partial charge on any atom is 0.253 e. The molecule has 0 radical (unpaired) electrons. The molecule has 140 valence electrons. The largest absolute Gasteiger partial charge is 0.396 e. The quantitative estimate of drug-likeness (QED) is 0.673. The van der Waals surface area contributed by atoms with E-state index < -0.39 is 0 Å². The molecule has 0 saturated carbocycles. The van der Waals surface area contributed by atoms with E-state index in [0.29, 0.717) is 29.1 Å². The predicted octanol–water partition coefficient (Wildman–Crippen LogP) is 4.23. The van der Waals surface area contributed by atoms with Gasteiger partial charge in [0.25, 0.3) is 5.91 Å². The summed E-state index contributed by atoms with van der Waals surface area (Å²) in [7, 11) is 0. The molecule has 0 aliphatic heterocycles. The molecule has 0 atom stereocenters. The number of nitrogens with two attached hydrogens (primary N) is 1. The van der Waals surface area contributed by atoms with Crippen LogP contribution in [0, 0.1) is 0 Å². The van der Waals surface area contributed by atoms with Crippen LogP contribution in [0.2, 0.25) is 0 Å². The SMILES string of the molecule is CCCCNC(=O)c1cccc2[nH]c(/C(N)=C/C3=CCC=CC=C3C)nc12. The number of allylic oxidation sites excluding steroid dienone is 7. The van der Waals surface area contributed by atoms with Gasteiger partial charge in [-0.15, -0.1) is 0 Å². The minimum atomic E-state index is -0.106. The lowest BCUT2D eigenvalue weighted by molar-refractivity contribution is 0.0954. The van der Waals surface area contributed by atoms with Crippen molar-refractivity contribution >= 4 is 22.6 Å². The number of H-pyrrole nitrogens is 1. The second-order valence-corrected chi connectivity index (χ2v) is 6.67. The molecule has 5 heteroatoms. The Balaban J connectivity index is 1.90. The number of benzene rings is 1. The van der Waals surface area contributed by atoms with E-state index in [9.17, 15) is 4.79 Å². The lowest BCUT2D eigenvalue weighted by Gasteiger charge is -2.04. The number of imidazole rings is 1. The lowest BCUT2D eigenvalue weighted by atomic mass is 10.1. The number of aromatic nitrogens is 2. The number of hydrogen-bond acceptors (Lipinski definition) is 3. The summed E-state index contributed by atoms with van der Waals surface area (Å²) in [4.78, 5) is 20.3. The van der Waals surface area contributed by atoms with Crippen molar-refractivity contribution in [2.45, 2.75) is 33.1 Å². The summed E-state index contributed by atoms with van der Waals surface area (Å²) in [6.07, 6.45) is 13.2. The Bertz CT molecular complexity index is 960. The number of nitrogens with one attached hydrogen (secondary N) is 2. The summed E-state index contributed by atoms with van der Waals surface area (Å²) in [5.41, 5.74) is 11.1. The highest BCUT2D eigenvalue weighted by molar-refractivity contribution is 6.05. The molecule has 3 rings (SSSR count). The van der Waals surface area contributed by atoms with Crippen LogP contribution in [0.5, 0.6) is 0 Å². The summed E-state index contributed by atoms with van der Waals surface area (Å²) < 4.78 is 0. The molecule has 1 aliphatic carbocycles. The molecule has 0 saturated heterocycles. The third-order valence-corrected chi connectivity index (χ3v) is 4.57. The molecular formula is C22H26N4O. The highest BCUT2D eigenvalue weighted by Crippen LogP contribution is 2.22. The number of hydrogen-bond donors (Lipinski definition) is 3. The van der Waals surface area contributed by atoms with Crippen molar-refractivity contribution in [1.29, 1.82) is 0 Å². The van der Waals surface area contributed by atoms with Crippen LogP contribution in [-0.2, 0) is 0 Å². The third-order valence-electron chi connectivity index (χ3n) is 4.57. The van der Waals surface area contributed by atoms with E-state index in [1.54, 1.807) is 6.07 Å². The van der Waals surface area contributed by atoms with Gasteiger partial charge in [-0.3, -0.25) is 4.79 Å². The van der Waals surface area contributed by atoms with Crippen LogP contribution in [0.15, 0.2) is 59.7 Å². The smallest absolute Gasteiger partial charge is 0.253 e. The second kappa shape index (κ2) is 8.54. The first-order valence-corrected chi connectivity index (χ1v) is 9.38. The lowest BCUT2D eigenvalue weighted by Crippen LogP contribution is -2.24. The Kier molecular flexibility index (Phi) is 5.91. The van der Waals surface area contributed by atoms with Gasteiger partial charge in [-0.05, 0) is 49.1 Å². The number of amides is 1. The zero-order valence-corrected chi connectivity index (χ0v) is 15.9. The van der Waals surface area contributed by atoms with Gasteiger partial charge in [0.1, 0.15) is 5.52 Å². The van der Waals surface area contributed by atoms with Crippen LogP contribution in [0.4, 0.5) is 0 Å². The predicted molar refractivity (Wildman–Crippen MR) is 111 cm³/mol. The molecule has 1 amide bonds. The van der Waals surface area contributed by atoms with Crippen LogP contribution < -0.4 is 11.1 Å². The molecule has 0 bridgehead atoms. The van der Waals surface area contributed by atoms with E-state index in [2.05, 4.69) is 47.4 Å². The van der Waals surface area contributed by atoms with Gasteiger partial charge in [0.15, 0.2) is 5.82 Å². The minimum Gasteiger partial charge on any atom is -0.396 e. The van der Waals surface area contributed by atoms with E-state index >= 15 is 0 Å². The number of nitrogens with zero attached hydrogens (tertiary/aromatic N) is 1. The van der Waals surface area contributed by atoms with Gasteiger partial charge in [0.05, 0.1) is 16.8 Å². The number of para-hydroxylation sites is 1. The van der Waals surface area contributed by atoms with Crippen molar-refractivity contribution in [3.05, 3.63) is 71.1 Å². The zero-order chi connectivity index (χ0) is 19.2. The van der Waals surface area contributed by atoms with Crippen LogP contribution in [0.3, 0.4) is 0 Å². The van der Waals surface area contributed by atoms with Crippen LogP contribution in [0.1, 0.15) is 49.3 Å². The molecule has 1 aromatic heterocycles. The number of rotatable bonds is 6. The summed E-state index contributed by atoms with van der Waals surface area (Å²) in [5.74, 6) is 0.468. The maximum absolute atomic E-state index is 12.5. The summed E-state index contributed by atoms with van der Waals surface area (Å²) in [6, 6.07) is 5.55. The van der Waals surface area contributed by atoms with E-state index in [-0.39, 0.29) is 5.91 Å². The standard InChI is InChI=1S/C22H26N4O/c1-3-4-13-24-22(27)17-11-8-12-19-20(17)26-21(25-19)18(23)14-16-10-7-5-6-9-15(16)2/h5-6,8-12,14H,3-4,7,13,23H2,1-2H3,(H,24,27)(H,25,26)/b18-14-. The Morgan fingerprint density at radius 1 is 1.41 bits per heavy atom. The number of unbranched alkanes of at least 4 members (excludes halogenated alkanes) is 1. The van der Waals surface area contributed by atoms with Gasteiger partial charge >= 0.3 is 0 Å². The monoisotopic (exact) mass is 362 g/mol. The Labute approximate surface area is 159 Å². The molecule has 1 aliphatic rings. The highest BCUT2D eigenvalue weighted by atomic mass is 16.1. The average molecular weight is 362 g/mol. The first-order valence-electron chi connectivity index (χ1n) is 9.38. The third kappa shape index (κ3) is 4.37. The molecule has 0 fully saturated rings. The fourth-order valence-electron chi connectivity index (χ4n) is 2.98. The van der Waals surface area contributed by atoms with Gasteiger partial charge in [0.2, 0.25) is 0 Å². The number of fused-ring (bicyclic) bond motifs is 1. The number of carbonyl (C=O) groups excluding carboxylic acids is 1. The molecule has 4 N–H and O–H groups in total. The molecule has 27 heavy (non-hydrogen) atoms. The Morgan fingerprint density at radius 2 is 2.26 bits per heavy atom. The Hall–Kier alpha value is -3.08. The van der Waals surface area contributed by atoms with Crippen molar-refractivity contribution < 1.29 is 4.79 Å². The van der Waals surface area contributed by atoms with E-state index in [0.717, 1.165) is 35.9 Å². The summed E-state index contributed by atoms with van der Waals surface area (Å²) >= 11 is 0. The highest BCUT2D eigenvalue weighted by Gasteiger charge is 2.14. The molecule has 5 nitrogen and oxygen atoms in total.